The Hall–Kier alpha value is -1.40. The van der Waals surface area contributed by atoms with Crippen molar-refractivity contribution in [1.82, 2.24) is 14.9 Å². The molecule has 3 rings (SSSR count). The maximum atomic E-state index is 12.2. The van der Waals surface area contributed by atoms with Gasteiger partial charge in [-0.05, 0) is 12.8 Å². The van der Waals surface area contributed by atoms with E-state index < -0.39 is 0 Å². The van der Waals surface area contributed by atoms with Gasteiger partial charge >= 0.3 is 0 Å². The van der Waals surface area contributed by atoms with Gasteiger partial charge < -0.3 is 14.5 Å². The number of anilines is 1. The summed E-state index contributed by atoms with van der Waals surface area (Å²) in [5.41, 5.74) is 0. The lowest BCUT2D eigenvalue weighted by molar-refractivity contribution is -0.141. The highest BCUT2D eigenvalue weighted by atomic mass is 35.5. The Labute approximate surface area is 122 Å². The van der Waals surface area contributed by atoms with Crippen molar-refractivity contribution in [3.05, 3.63) is 17.5 Å². The summed E-state index contributed by atoms with van der Waals surface area (Å²) in [5, 5.41) is 0.389. The Kier molecular flexibility index (Phi) is 4.03. The molecule has 2 aliphatic rings. The van der Waals surface area contributed by atoms with Gasteiger partial charge in [-0.1, -0.05) is 11.6 Å². The summed E-state index contributed by atoms with van der Waals surface area (Å²) in [4.78, 5) is 24.5. The first-order valence-electron chi connectivity index (χ1n) is 6.87. The van der Waals surface area contributed by atoms with Crippen molar-refractivity contribution in [2.24, 2.45) is 0 Å². The number of nitrogens with zero attached hydrogens (tertiary/aromatic N) is 4. The number of aromatic nitrogens is 2. The van der Waals surface area contributed by atoms with E-state index in [0.717, 1.165) is 31.7 Å². The second-order valence-electron chi connectivity index (χ2n) is 5.01. The molecule has 0 aromatic carbocycles. The normalized spacial score (nSPS) is 23.1. The summed E-state index contributed by atoms with van der Waals surface area (Å²) >= 11 is 5.85. The van der Waals surface area contributed by atoms with Crippen LogP contribution in [0.2, 0.25) is 5.15 Å². The fourth-order valence-corrected chi connectivity index (χ4v) is 2.76. The van der Waals surface area contributed by atoms with Crippen LogP contribution in [0.4, 0.5) is 5.82 Å². The molecule has 0 unspecified atom stereocenters. The van der Waals surface area contributed by atoms with Gasteiger partial charge in [0.25, 0.3) is 5.91 Å². The Morgan fingerprint density at radius 2 is 2.10 bits per heavy atom. The van der Waals surface area contributed by atoms with E-state index in [-0.39, 0.29) is 12.0 Å². The maximum Gasteiger partial charge on any atom is 0.251 e. The summed E-state index contributed by atoms with van der Waals surface area (Å²) in [6.07, 6.45) is 4.81. The second kappa shape index (κ2) is 5.93. The number of halogens is 1. The van der Waals surface area contributed by atoms with Crippen LogP contribution >= 0.6 is 11.6 Å². The zero-order valence-electron chi connectivity index (χ0n) is 11.2. The summed E-state index contributed by atoms with van der Waals surface area (Å²) in [6, 6.07) is 0. The molecule has 20 heavy (non-hydrogen) atoms. The highest BCUT2D eigenvalue weighted by Crippen LogP contribution is 2.18. The Balaban J connectivity index is 1.58. The molecule has 7 heteroatoms. The van der Waals surface area contributed by atoms with Gasteiger partial charge in [0.15, 0.2) is 0 Å². The van der Waals surface area contributed by atoms with E-state index in [9.17, 15) is 4.79 Å². The van der Waals surface area contributed by atoms with Crippen LogP contribution in [0.1, 0.15) is 12.8 Å². The van der Waals surface area contributed by atoms with Crippen LogP contribution in [-0.4, -0.2) is 59.7 Å². The van der Waals surface area contributed by atoms with E-state index in [1.54, 1.807) is 6.20 Å². The van der Waals surface area contributed by atoms with E-state index in [0.29, 0.717) is 24.8 Å². The van der Waals surface area contributed by atoms with E-state index in [1.165, 1.54) is 6.20 Å². The van der Waals surface area contributed by atoms with Gasteiger partial charge in [0.2, 0.25) is 0 Å². The minimum absolute atomic E-state index is 0.124. The fraction of sp³-hybridized carbons (Fsp3) is 0.615. The Morgan fingerprint density at radius 3 is 2.75 bits per heavy atom. The molecule has 2 saturated heterocycles. The molecule has 0 N–H and O–H groups in total. The Bertz CT molecular complexity index is 485. The predicted octanol–water partition coefficient (Wildman–Crippen LogP) is 0.958. The standard InChI is InChI=1S/C13H17ClN4O2/c14-11-8-15-9-12(16-11)17-3-5-18(6-4-17)13(19)10-2-1-7-20-10/h8-10H,1-7H2/t10-/m1/s1. The number of carbonyl (C=O) groups is 1. The minimum Gasteiger partial charge on any atom is -0.368 e. The van der Waals surface area contributed by atoms with Crippen LogP contribution in [0.5, 0.6) is 0 Å². The van der Waals surface area contributed by atoms with Crippen molar-refractivity contribution in [3.63, 3.8) is 0 Å². The second-order valence-corrected chi connectivity index (χ2v) is 5.40. The molecule has 1 aromatic heterocycles. The van der Waals surface area contributed by atoms with Gasteiger partial charge in [-0.2, -0.15) is 0 Å². The number of hydrogen-bond donors (Lipinski definition) is 0. The summed E-state index contributed by atoms with van der Waals surface area (Å²) < 4.78 is 5.45. The third-order valence-corrected chi connectivity index (χ3v) is 3.89. The number of hydrogen-bond acceptors (Lipinski definition) is 5. The average molecular weight is 297 g/mol. The molecular formula is C13H17ClN4O2. The van der Waals surface area contributed by atoms with Crippen LogP contribution in [0.25, 0.3) is 0 Å². The third kappa shape index (κ3) is 2.86. The lowest BCUT2D eigenvalue weighted by Crippen LogP contribution is -2.51. The maximum absolute atomic E-state index is 12.2. The van der Waals surface area contributed by atoms with Gasteiger partial charge in [0.1, 0.15) is 17.1 Å². The summed E-state index contributed by atoms with van der Waals surface area (Å²) in [7, 11) is 0. The van der Waals surface area contributed by atoms with E-state index in [2.05, 4.69) is 14.9 Å². The monoisotopic (exact) mass is 296 g/mol. The van der Waals surface area contributed by atoms with Gasteiger partial charge in [-0.3, -0.25) is 9.78 Å². The first kappa shape index (κ1) is 13.6. The molecule has 6 nitrogen and oxygen atoms in total. The molecule has 0 aliphatic carbocycles. The number of amides is 1. The predicted molar refractivity (Wildman–Crippen MR) is 74.8 cm³/mol. The Morgan fingerprint density at radius 1 is 1.30 bits per heavy atom. The molecule has 0 bridgehead atoms. The SMILES string of the molecule is O=C([C@H]1CCCO1)N1CCN(c2cncc(Cl)n2)CC1. The first-order chi connectivity index (χ1) is 9.74. The average Bonchev–Trinajstić information content (AvgIpc) is 3.01. The number of ether oxygens (including phenoxy) is 1. The van der Waals surface area contributed by atoms with Crippen molar-refractivity contribution in [2.45, 2.75) is 18.9 Å². The van der Waals surface area contributed by atoms with Crippen LogP contribution in [0.15, 0.2) is 12.4 Å². The van der Waals surface area contributed by atoms with Crippen molar-refractivity contribution in [3.8, 4) is 0 Å². The molecule has 2 fully saturated rings. The number of rotatable bonds is 2. The van der Waals surface area contributed by atoms with Crippen LogP contribution in [0, 0.1) is 0 Å². The zero-order valence-corrected chi connectivity index (χ0v) is 11.9. The minimum atomic E-state index is -0.229. The number of piperazine rings is 1. The molecule has 1 atom stereocenters. The largest absolute Gasteiger partial charge is 0.368 e. The molecule has 0 radical (unpaired) electrons. The number of carbonyl (C=O) groups excluding carboxylic acids is 1. The van der Waals surface area contributed by atoms with Crippen LogP contribution in [-0.2, 0) is 9.53 Å². The van der Waals surface area contributed by atoms with Crippen molar-refractivity contribution >= 4 is 23.3 Å². The smallest absolute Gasteiger partial charge is 0.251 e. The molecular weight excluding hydrogens is 280 g/mol. The molecule has 1 amide bonds. The molecule has 3 heterocycles. The van der Waals surface area contributed by atoms with E-state index in [4.69, 9.17) is 16.3 Å². The molecule has 0 saturated carbocycles. The van der Waals surface area contributed by atoms with Crippen molar-refractivity contribution < 1.29 is 9.53 Å². The van der Waals surface area contributed by atoms with Crippen LogP contribution < -0.4 is 4.90 Å². The highest BCUT2D eigenvalue weighted by Gasteiger charge is 2.30. The lowest BCUT2D eigenvalue weighted by atomic mass is 10.2. The van der Waals surface area contributed by atoms with Crippen molar-refractivity contribution in [1.29, 1.82) is 0 Å². The quantitative estimate of drug-likeness (QED) is 0.813. The summed E-state index contributed by atoms with van der Waals surface area (Å²) in [6.45, 7) is 3.56. The molecule has 1 aromatic rings. The van der Waals surface area contributed by atoms with Crippen LogP contribution in [0.3, 0.4) is 0 Å². The van der Waals surface area contributed by atoms with Gasteiger partial charge in [0, 0.05) is 32.8 Å². The zero-order chi connectivity index (χ0) is 13.9. The van der Waals surface area contributed by atoms with Crippen molar-refractivity contribution in [2.75, 3.05) is 37.7 Å². The molecule has 0 spiro atoms. The van der Waals surface area contributed by atoms with E-state index in [1.807, 2.05) is 4.90 Å². The van der Waals surface area contributed by atoms with Gasteiger partial charge in [-0.15, -0.1) is 0 Å². The van der Waals surface area contributed by atoms with Gasteiger partial charge in [0.05, 0.1) is 12.4 Å². The lowest BCUT2D eigenvalue weighted by Gasteiger charge is -2.36. The highest BCUT2D eigenvalue weighted by molar-refractivity contribution is 6.29. The third-order valence-electron chi connectivity index (χ3n) is 3.71. The topological polar surface area (TPSA) is 58.6 Å². The van der Waals surface area contributed by atoms with Gasteiger partial charge in [-0.25, -0.2) is 4.98 Å². The molecule has 2 aliphatic heterocycles. The summed E-state index contributed by atoms with van der Waals surface area (Å²) in [5.74, 6) is 0.890. The first-order valence-corrected chi connectivity index (χ1v) is 7.25. The molecule has 108 valence electrons. The van der Waals surface area contributed by atoms with E-state index >= 15 is 0 Å². The fourth-order valence-electron chi connectivity index (χ4n) is 2.62.